The topological polar surface area (TPSA) is 140 Å². The summed E-state index contributed by atoms with van der Waals surface area (Å²) in [5.41, 5.74) is 16.1. The molecule has 0 aliphatic carbocycles. The van der Waals surface area contributed by atoms with Gasteiger partial charge in [0.2, 0.25) is 11.8 Å². The number of primary amides is 1. The van der Waals surface area contributed by atoms with Crippen LogP contribution < -0.4 is 27.8 Å². The molecule has 0 aliphatic heterocycles. The summed E-state index contributed by atoms with van der Waals surface area (Å²) < 4.78 is 0. The normalized spacial score (nSPS) is 14.2. The molecule has 21 heavy (non-hydrogen) atoms. The molecule has 0 saturated carbocycles. The summed E-state index contributed by atoms with van der Waals surface area (Å²) in [6, 6.07) is -0.931. The third kappa shape index (κ3) is 8.61. The lowest BCUT2D eigenvalue weighted by Gasteiger charge is -2.25. The van der Waals surface area contributed by atoms with Crippen molar-refractivity contribution in [2.24, 2.45) is 17.2 Å². The number of nitrogens with two attached hydrogens (primary N) is 3. The van der Waals surface area contributed by atoms with Crippen LogP contribution in [0.1, 0.15) is 32.6 Å². The van der Waals surface area contributed by atoms with E-state index in [2.05, 4.69) is 10.6 Å². The maximum Gasteiger partial charge on any atom is 0.240 e. The van der Waals surface area contributed by atoms with E-state index in [0.29, 0.717) is 19.4 Å². The van der Waals surface area contributed by atoms with Gasteiger partial charge in [0.05, 0.1) is 6.04 Å². The maximum atomic E-state index is 12.2. The third-order valence-electron chi connectivity index (χ3n) is 3.20. The van der Waals surface area contributed by atoms with Crippen LogP contribution in [-0.2, 0) is 9.59 Å². The second-order valence-electron chi connectivity index (χ2n) is 5.35. The number of carbonyl (C=O) groups is 2. The number of hydrogen-bond donors (Lipinski definition) is 5. The van der Waals surface area contributed by atoms with Crippen LogP contribution in [0.4, 0.5) is 0 Å². The van der Waals surface area contributed by atoms with E-state index < -0.39 is 18.2 Å². The monoisotopic (exact) mass is 302 g/mol. The average Bonchev–Trinajstić information content (AvgIpc) is 2.38. The Morgan fingerprint density at radius 1 is 1.19 bits per heavy atom. The SMILES string of the molecule is CCC[C@@H](C(=O)N[C@H](CCCNC(N)N)C(N)=O)N(C)C. The first-order valence-electron chi connectivity index (χ1n) is 7.30. The zero-order chi connectivity index (χ0) is 16.4. The van der Waals surface area contributed by atoms with Crippen LogP contribution in [0.15, 0.2) is 0 Å². The highest BCUT2D eigenvalue weighted by Crippen LogP contribution is 2.05. The fourth-order valence-corrected chi connectivity index (χ4v) is 2.03. The summed E-state index contributed by atoms with van der Waals surface area (Å²) in [6.07, 6.45) is 2.12. The molecule has 0 fully saturated rings. The number of amides is 2. The quantitative estimate of drug-likeness (QED) is 0.227. The standard InChI is InChI=1S/C13H30N6O2/c1-4-6-10(19(2)3)12(21)18-9(11(14)20)7-5-8-17-13(15)16/h9-10,13,17H,4-8,15-16H2,1-3H3,(H2,14,20)(H,18,21)/t9-,10+/m1/s1. The van der Waals surface area contributed by atoms with Crippen molar-refractivity contribution in [3.63, 3.8) is 0 Å². The zero-order valence-corrected chi connectivity index (χ0v) is 13.3. The molecule has 2 atom stereocenters. The lowest BCUT2D eigenvalue weighted by Crippen LogP contribution is -2.51. The Morgan fingerprint density at radius 2 is 1.81 bits per heavy atom. The number of rotatable bonds is 11. The molecular formula is C13H30N6O2. The minimum Gasteiger partial charge on any atom is -0.368 e. The average molecular weight is 302 g/mol. The van der Waals surface area contributed by atoms with Crippen LogP contribution >= 0.6 is 0 Å². The summed E-state index contributed by atoms with van der Waals surface area (Å²) in [5.74, 6) is -0.705. The molecule has 8 N–H and O–H groups in total. The molecule has 0 spiro atoms. The van der Waals surface area contributed by atoms with Gasteiger partial charge in [-0.15, -0.1) is 0 Å². The van der Waals surface area contributed by atoms with Crippen molar-refractivity contribution in [1.82, 2.24) is 15.5 Å². The second kappa shape index (κ2) is 10.5. The van der Waals surface area contributed by atoms with E-state index in [1.807, 2.05) is 25.9 Å². The fourth-order valence-electron chi connectivity index (χ4n) is 2.03. The van der Waals surface area contributed by atoms with Gasteiger partial charge in [-0.2, -0.15) is 0 Å². The van der Waals surface area contributed by atoms with E-state index in [9.17, 15) is 9.59 Å². The number of nitrogens with one attached hydrogen (secondary N) is 2. The van der Waals surface area contributed by atoms with Gasteiger partial charge >= 0.3 is 0 Å². The highest BCUT2D eigenvalue weighted by atomic mass is 16.2. The molecule has 0 heterocycles. The largest absolute Gasteiger partial charge is 0.368 e. The molecule has 8 heteroatoms. The summed E-state index contributed by atoms with van der Waals surface area (Å²) in [6.45, 7) is 2.57. The van der Waals surface area contributed by atoms with Gasteiger partial charge in [-0.1, -0.05) is 13.3 Å². The van der Waals surface area contributed by atoms with Crippen molar-refractivity contribution < 1.29 is 9.59 Å². The van der Waals surface area contributed by atoms with Gasteiger partial charge < -0.3 is 22.5 Å². The lowest BCUT2D eigenvalue weighted by molar-refractivity contribution is -0.130. The Bertz CT molecular complexity index is 322. The summed E-state index contributed by atoms with van der Waals surface area (Å²) in [5, 5.41) is 5.56. The van der Waals surface area contributed by atoms with Crippen LogP contribution in [0, 0.1) is 0 Å². The lowest BCUT2D eigenvalue weighted by atomic mass is 10.1. The fraction of sp³-hybridized carbons (Fsp3) is 0.846. The van der Waals surface area contributed by atoms with E-state index in [4.69, 9.17) is 17.2 Å². The van der Waals surface area contributed by atoms with Crippen molar-refractivity contribution in [2.45, 2.75) is 51.0 Å². The molecule has 0 aromatic rings. The summed E-state index contributed by atoms with van der Waals surface area (Å²) >= 11 is 0. The van der Waals surface area contributed by atoms with Gasteiger partial charge in [0.25, 0.3) is 0 Å². The van der Waals surface area contributed by atoms with Crippen molar-refractivity contribution in [3.05, 3.63) is 0 Å². The van der Waals surface area contributed by atoms with Crippen LogP contribution in [-0.4, -0.2) is 55.7 Å². The summed E-state index contributed by atoms with van der Waals surface area (Å²) in [7, 11) is 3.68. The molecule has 0 radical (unpaired) electrons. The highest BCUT2D eigenvalue weighted by molar-refractivity contribution is 5.88. The zero-order valence-electron chi connectivity index (χ0n) is 13.3. The van der Waals surface area contributed by atoms with Crippen LogP contribution in [0.3, 0.4) is 0 Å². The van der Waals surface area contributed by atoms with E-state index in [1.165, 1.54) is 0 Å². The third-order valence-corrected chi connectivity index (χ3v) is 3.20. The van der Waals surface area contributed by atoms with E-state index in [1.54, 1.807) is 0 Å². The first-order valence-corrected chi connectivity index (χ1v) is 7.30. The smallest absolute Gasteiger partial charge is 0.240 e. The van der Waals surface area contributed by atoms with Crippen molar-refractivity contribution >= 4 is 11.8 Å². The molecule has 8 nitrogen and oxygen atoms in total. The number of hydrogen-bond acceptors (Lipinski definition) is 6. The Morgan fingerprint density at radius 3 is 2.24 bits per heavy atom. The maximum absolute atomic E-state index is 12.2. The molecule has 0 rings (SSSR count). The van der Waals surface area contributed by atoms with Gasteiger partial charge in [-0.3, -0.25) is 19.8 Å². The van der Waals surface area contributed by atoms with Crippen LogP contribution in [0.25, 0.3) is 0 Å². The molecular weight excluding hydrogens is 272 g/mol. The van der Waals surface area contributed by atoms with E-state index in [0.717, 1.165) is 12.8 Å². The Labute approximate surface area is 126 Å². The van der Waals surface area contributed by atoms with Gasteiger partial charge in [-0.25, -0.2) is 0 Å². The molecule has 0 aliphatic rings. The molecule has 0 saturated heterocycles. The van der Waals surface area contributed by atoms with Crippen molar-refractivity contribution in [2.75, 3.05) is 20.6 Å². The first kappa shape index (κ1) is 19.8. The minimum atomic E-state index is -0.674. The van der Waals surface area contributed by atoms with E-state index in [-0.39, 0.29) is 11.9 Å². The molecule has 0 bridgehead atoms. The molecule has 2 amide bonds. The van der Waals surface area contributed by atoms with Crippen molar-refractivity contribution in [1.29, 1.82) is 0 Å². The Balaban J connectivity index is 4.41. The number of likely N-dealkylation sites (N-methyl/N-ethyl adjacent to an activating group) is 1. The number of carbonyl (C=O) groups excluding carboxylic acids is 2. The molecule has 0 aromatic heterocycles. The van der Waals surface area contributed by atoms with Crippen molar-refractivity contribution in [3.8, 4) is 0 Å². The highest BCUT2D eigenvalue weighted by Gasteiger charge is 2.24. The van der Waals surface area contributed by atoms with Gasteiger partial charge in [0.15, 0.2) is 0 Å². The number of nitrogens with zero attached hydrogens (tertiary/aromatic N) is 1. The Hall–Kier alpha value is -1.22. The van der Waals surface area contributed by atoms with Gasteiger partial charge in [0.1, 0.15) is 12.3 Å². The molecule has 0 aromatic carbocycles. The second-order valence-corrected chi connectivity index (χ2v) is 5.35. The minimum absolute atomic E-state index is 0.172. The summed E-state index contributed by atoms with van der Waals surface area (Å²) in [4.78, 5) is 25.5. The van der Waals surface area contributed by atoms with Crippen LogP contribution in [0.2, 0.25) is 0 Å². The van der Waals surface area contributed by atoms with Gasteiger partial charge in [0, 0.05) is 0 Å². The molecule has 124 valence electrons. The van der Waals surface area contributed by atoms with Crippen LogP contribution in [0.5, 0.6) is 0 Å². The predicted molar refractivity (Wildman–Crippen MR) is 82.9 cm³/mol. The predicted octanol–water partition coefficient (Wildman–Crippen LogP) is -1.74. The van der Waals surface area contributed by atoms with E-state index >= 15 is 0 Å². The van der Waals surface area contributed by atoms with Gasteiger partial charge in [-0.05, 0) is 39.9 Å². The first-order chi connectivity index (χ1) is 9.79. The molecule has 0 unspecified atom stereocenters. The Kier molecular flexibility index (Phi) is 9.89.